The molecule has 0 fully saturated rings. The second-order valence-electron chi connectivity index (χ2n) is 3.68. The van der Waals surface area contributed by atoms with Crippen molar-refractivity contribution in [1.82, 2.24) is 10.2 Å². The molecule has 12 heavy (non-hydrogen) atoms. The number of rotatable bonds is 7. The first-order valence-electron chi connectivity index (χ1n) is 5.09. The van der Waals surface area contributed by atoms with Crippen molar-refractivity contribution in [2.45, 2.75) is 39.7 Å². The second-order valence-corrected chi connectivity index (χ2v) is 3.68. The number of likely N-dealkylation sites (N-methyl/N-ethyl adjacent to an activating group) is 1. The Morgan fingerprint density at radius 2 is 1.92 bits per heavy atom. The molecule has 0 aromatic carbocycles. The number of hydrogen-bond acceptors (Lipinski definition) is 2. The molecule has 74 valence electrons. The zero-order valence-electron chi connectivity index (χ0n) is 9.06. The molecule has 0 bridgehead atoms. The molecule has 0 spiro atoms. The third-order valence-electron chi connectivity index (χ3n) is 2.23. The van der Waals surface area contributed by atoms with Crippen molar-refractivity contribution < 1.29 is 0 Å². The minimum Gasteiger partial charge on any atom is -0.315 e. The fourth-order valence-corrected chi connectivity index (χ4v) is 0.940. The van der Waals surface area contributed by atoms with Gasteiger partial charge < -0.3 is 10.2 Å². The Morgan fingerprint density at radius 1 is 1.25 bits per heavy atom. The number of unbranched alkanes of at least 4 members (excludes halogenated alkanes) is 1. The average molecular weight is 172 g/mol. The van der Waals surface area contributed by atoms with E-state index in [9.17, 15) is 0 Å². The molecule has 0 heterocycles. The standard InChI is InChI=1S/C10H24N2/c1-5-6-7-11-8-9-12(4)10(2)3/h10-11H,5-9H2,1-4H3. The molecule has 0 atom stereocenters. The van der Waals surface area contributed by atoms with Gasteiger partial charge in [-0.2, -0.15) is 0 Å². The molecule has 0 saturated carbocycles. The lowest BCUT2D eigenvalue weighted by Crippen LogP contribution is -2.34. The first-order valence-corrected chi connectivity index (χ1v) is 5.09. The van der Waals surface area contributed by atoms with Gasteiger partial charge in [0.25, 0.3) is 0 Å². The van der Waals surface area contributed by atoms with Crippen molar-refractivity contribution >= 4 is 0 Å². The molecule has 0 saturated heterocycles. The van der Waals surface area contributed by atoms with Crippen LogP contribution in [0.25, 0.3) is 0 Å². The minimum atomic E-state index is 0.665. The van der Waals surface area contributed by atoms with E-state index < -0.39 is 0 Å². The predicted molar refractivity (Wildman–Crippen MR) is 55.5 cm³/mol. The van der Waals surface area contributed by atoms with Crippen LogP contribution in [-0.2, 0) is 0 Å². The van der Waals surface area contributed by atoms with Gasteiger partial charge >= 0.3 is 0 Å². The molecular weight excluding hydrogens is 148 g/mol. The van der Waals surface area contributed by atoms with Crippen LogP contribution < -0.4 is 5.32 Å². The van der Waals surface area contributed by atoms with Gasteiger partial charge in [0.15, 0.2) is 0 Å². The molecular formula is C10H24N2. The SMILES string of the molecule is CCCCNCCN(C)C(C)C. The molecule has 0 unspecified atom stereocenters. The highest BCUT2D eigenvalue weighted by Gasteiger charge is 2.00. The average Bonchev–Trinajstić information content (AvgIpc) is 2.03. The van der Waals surface area contributed by atoms with E-state index in [0.717, 1.165) is 13.1 Å². The summed E-state index contributed by atoms with van der Waals surface area (Å²) >= 11 is 0. The molecule has 0 aromatic rings. The summed E-state index contributed by atoms with van der Waals surface area (Å²) in [4.78, 5) is 2.36. The largest absolute Gasteiger partial charge is 0.315 e. The van der Waals surface area contributed by atoms with E-state index >= 15 is 0 Å². The number of hydrogen-bond donors (Lipinski definition) is 1. The van der Waals surface area contributed by atoms with E-state index in [0.29, 0.717) is 6.04 Å². The third kappa shape index (κ3) is 6.62. The summed E-state index contributed by atoms with van der Waals surface area (Å²) in [6.45, 7) is 10.1. The van der Waals surface area contributed by atoms with Crippen LogP contribution in [0.2, 0.25) is 0 Å². The van der Waals surface area contributed by atoms with Crippen LogP contribution in [0.5, 0.6) is 0 Å². The van der Waals surface area contributed by atoms with Gasteiger partial charge in [0.05, 0.1) is 0 Å². The van der Waals surface area contributed by atoms with Gasteiger partial charge in [-0.3, -0.25) is 0 Å². The van der Waals surface area contributed by atoms with E-state index in [1.807, 2.05) is 0 Å². The molecule has 0 amide bonds. The van der Waals surface area contributed by atoms with Crippen LogP contribution in [0.15, 0.2) is 0 Å². The summed E-state index contributed by atoms with van der Waals surface area (Å²) in [6.07, 6.45) is 2.58. The van der Waals surface area contributed by atoms with Crippen LogP contribution in [0.4, 0.5) is 0 Å². The molecule has 2 heteroatoms. The Bertz CT molecular complexity index is 91.8. The van der Waals surface area contributed by atoms with Crippen LogP contribution in [-0.4, -0.2) is 37.6 Å². The normalized spacial score (nSPS) is 11.5. The minimum absolute atomic E-state index is 0.665. The van der Waals surface area contributed by atoms with Gasteiger partial charge in [-0.05, 0) is 33.9 Å². The quantitative estimate of drug-likeness (QED) is 0.588. The molecule has 0 rings (SSSR count). The fraction of sp³-hybridized carbons (Fsp3) is 1.00. The molecule has 1 N–H and O–H groups in total. The molecule has 0 radical (unpaired) electrons. The Labute approximate surface area is 77.3 Å². The fourth-order valence-electron chi connectivity index (χ4n) is 0.940. The van der Waals surface area contributed by atoms with Gasteiger partial charge in [-0.25, -0.2) is 0 Å². The summed E-state index contributed by atoms with van der Waals surface area (Å²) in [5.41, 5.74) is 0. The Hall–Kier alpha value is -0.0800. The van der Waals surface area contributed by atoms with Gasteiger partial charge in [-0.15, -0.1) is 0 Å². The van der Waals surface area contributed by atoms with E-state index in [-0.39, 0.29) is 0 Å². The topological polar surface area (TPSA) is 15.3 Å². The summed E-state index contributed by atoms with van der Waals surface area (Å²) in [5, 5.41) is 3.43. The molecule has 0 aromatic heterocycles. The highest BCUT2D eigenvalue weighted by molar-refractivity contribution is 4.58. The van der Waals surface area contributed by atoms with E-state index in [2.05, 4.69) is 38.0 Å². The van der Waals surface area contributed by atoms with Crippen molar-refractivity contribution in [3.05, 3.63) is 0 Å². The molecule has 0 aliphatic heterocycles. The van der Waals surface area contributed by atoms with Crippen molar-refractivity contribution in [2.75, 3.05) is 26.7 Å². The van der Waals surface area contributed by atoms with Gasteiger partial charge in [0.2, 0.25) is 0 Å². The van der Waals surface area contributed by atoms with E-state index in [1.54, 1.807) is 0 Å². The first kappa shape index (κ1) is 11.9. The zero-order valence-corrected chi connectivity index (χ0v) is 9.06. The number of nitrogens with one attached hydrogen (secondary N) is 1. The lowest BCUT2D eigenvalue weighted by atomic mass is 10.3. The smallest absolute Gasteiger partial charge is 0.0106 e. The second kappa shape index (κ2) is 7.56. The Kier molecular flexibility index (Phi) is 7.51. The maximum absolute atomic E-state index is 3.43. The van der Waals surface area contributed by atoms with Crippen molar-refractivity contribution in [1.29, 1.82) is 0 Å². The predicted octanol–water partition coefficient (Wildman–Crippen LogP) is 1.72. The van der Waals surface area contributed by atoms with Gasteiger partial charge in [0.1, 0.15) is 0 Å². The highest BCUT2D eigenvalue weighted by atomic mass is 15.1. The van der Waals surface area contributed by atoms with Crippen LogP contribution in [0.1, 0.15) is 33.6 Å². The maximum Gasteiger partial charge on any atom is 0.0106 e. The Balaban J connectivity index is 3.08. The van der Waals surface area contributed by atoms with Gasteiger partial charge in [-0.1, -0.05) is 13.3 Å². The highest BCUT2D eigenvalue weighted by Crippen LogP contribution is 1.90. The third-order valence-corrected chi connectivity index (χ3v) is 2.23. The zero-order chi connectivity index (χ0) is 9.40. The summed E-state index contributed by atoms with van der Waals surface area (Å²) in [6, 6.07) is 0.665. The van der Waals surface area contributed by atoms with Crippen LogP contribution >= 0.6 is 0 Å². The Morgan fingerprint density at radius 3 is 2.42 bits per heavy atom. The molecule has 2 nitrogen and oxygen atoms in total. The lowest BCUT2D eigenvalue weighted by molar-refractivity contribution is 0.273. The van der Waals surface area contributed by atoms with E-state index in [1.165, 1.54) is 19.4 Å². The summed E-state index contributed by atoms with van der Waals surface area (Å²) < 4.78 is 0. The maximum atomic E-state index is 3.43. The molecule has 0 aliphatic rings. The monoisotopic (exact) mass is 172 g/mol. The first-order chi connectivity index (χ1) is 5.68. The van der Waals surface area contributed by atoms with Crippen molar-refractivity contribution in [3.8, 4) is 0 Å². The van der Waals surface area contributed by atoms with Crippen LogP contribution in [0.3, 0.4) is 0 Å². The van der Waals surface area contributed by atoms with Crippen molar-refractivity contribution in [3.63, 3.8) is 0 Å². The summed E-state index contributed by atoms with van der Waals surface area (Å²) in [5.74, 6) is 0. The number of nitrogens with zero attached hydrogens (tertiary/aromatic N) is 1. The lowest BCUT2D eigenvalue weighted by Gasteiger charge is -2.20. The van der Waals surface area contributed by atoms with Crippen molar-refractivity contribution in [2.24, 2.45) is 0 Å². The summed E-state index contributed by atoms with van der Waals surface area (Å²) in [7, 11) is 2.17. The van der Waals surface area contributed by atoms with Gasteiger partial charge in [0, 0.05) is 19.1 Å². The van der Waals surface area contributed by atoms with E-state index in [4.69, 9.17) is 0 Å². The molecule has 0 aliphatic carbocycles. The van der Waals surface area contributed by atoms with Crippen LogP contribution in [0, 0.1) is 0 Å².